The number of urea groups is 1. The third-order valence-corrected chi connectivity index (χ3v) is 4.15. The Morgan fingerprint density at radius 1 is 1.33 bits per heavy atom. The van der Waals surface area contributed by atoms with Crippen LogP contribution in [-0.2, 0) is 4.79 Å². The summed E-state index contributed by atoms with van der Waals surface area (Å²) in [6, 6.07) is 1.28. The van der Waals surface area contributed by atoms with Crippen molar-refractivity contribution < 1.29 is 32.3 Å². The summed E-state index contributed by atoms with van der Waals surface area (Å²) in [7, 11) is 0. The Labute approximate surface area is 139 Å². The lowest BCUT2D eigenvalue weighted by atomic mass is 9.96. The summed E-state index contributed by atoms with van der Waals surface area (Å²) >= 11 is 5.79. The maximum absolute atomic E-state index is 13.3. The van der Waals surface area contributed by atoms with E-state index in [-0.39, 0.29) is 16.3 Å². The van der Waals surface area contributed by atoms with Crippen LogP contribution in [0.3, 0.4) is 0 Å². The smallest absolute Gasteiger partial charge is 0.394 e. The fourth-order valence-electron chi connectivity index (χ4n) is 2.50. The first-order chi connectivity index (χ1) is 11.0. The zero-order chi connectivity index (χ0) is 18.2. The van der Waals surface area contributed by atoms with Crippen molar-refractivity contribution in [1.82, 2.24) is 4.90 Å². The van der Waals surface area contributed by atoms with E-state index in [1.54, 1.807) is 0 Å². The second-order valence-corrected chi connectivity index (χ2v) is 5.92. The Morgan fingerprint density at radius 3 is 2.46 bits per heavy atom. The van der Waals surface area contributed by atoms with Crippen LogP contribution in [-0.4, -0.2) is 41.3 Å². The monoisotopic (exact) mass is 368 g/mol. The molecule has 0 aromatic heterocycles. The highest BCUT2D eigenvalue weighted by Gasteiger charge is 2.53. The Morgan fingerprint density at radius 2 is 1.96 bits per heavy atom. The molecule has 1 fully saturated rings. The molecule has 0 bridgehead atoms. The van der Waals surface area contributed by atoms with Crippen molar-refractivity contribution in [2.75, 3.05) is 18.4 Å². The van der Waals surface area contributed by atoms with Crippen molar-refractivity contribution in [3.8, 4) is 0 Å². The summed E-state index contributed by atoms with van der Waals surface area (Å²) in [5.41, 5.74) is 0.218. The van der Waals surface area contributed by atoms with Gasteiger partial charge in [0, 0.05) is 13.1 Å². The standard InChI is InChI=1S/C14H13ClF4N2O3/c1-6-2-11(9(15)3-10(6)16)20-13(24)21-4-7(12(22)23)8(5-21)14(17,18)19/h2-3,7-8H,4-5H2,1H3,(H,20,24)(H,22,23)/t7-,8-/m1/s1. The van der Waals surface area contributed by atoms with E-state index in [1.165, 1.54) is 13.0 Å². The molecule has 24 heavy (non-hydrogen) atoms. The Balaban J connectivity index is 2.16. The number of hydrogen-bond acceptors (Lipinski definition) is 2. The summed E-state index contributed by atoms with van der Waals surface area (Å²) in [5, 5.41) is 11.1. The molecule has 2 rings (SSSR count). The lowest BCUT2D eigenvalue weighted by Crippen LogP contribution is -2.35. The lowest BCUT2D eigenvalue weighted by molar-refractivity contribution is -0.187. The van der Waals surface area contributed by atoms with Crippen LogP contribution in [0.25, 0.3) is 0 Å². The molecule has 1 heterocycles. The van der Waals surface area contributed by atoms with Crippen molar-refractivity contribution in [1.29, 1.82) is 0 Å². The predicted molar refractivity (Wildman–Crippen MR) is 77.4 cm³/mol. The first kappa shape index (κ1) is 18.3. The van der Waals surface area contributed by atoms with E-state index in [1.807, 2.05) is 0 Å². The van der Waals surface area contributed by atoms with Crippen LogP contribution in [0.5, 0.6) is 0 Å². The first-order valence-electron chi connectivity index (χ1n) is 6.81. The Bertz CT molecular complexity index is 681. The minimum absolute atomic E-state index is 0.0305. The quantitative estimate of drug-likeness (QED) is 0.785. The highest BCUT2D eigenvalue weighted by atomic mass is 35.5. The fourth-order valence-corrected chi connectivity index (χ4v) is 2.70. The van der Waals surface area contributed by atoms with Gasteiger partial charge in [0.05, 0.1) is 22.5 Å². The highest BCUT2D eigenvalue weighted by molar-refractivity contribution is 6.33. The molecular formula is C14H13ClF4N2O3. The van der Waals surface area contributed by atoms with E-state index < -0.39 is 48.9 Å². The van der Waals surface area contributed by atoms with Gasteiger partial charge in [-0.05, 0) is 24.6 Å². The number of halogens is 5. The van der Waals surface area contributed by atoms with Gasteiger partial charge in [-0.3, -0.25) is 4.79 Å². The second kappa shape index (κ2) is 6.46. The number of carboxylic acids is 1. The fraction of sp³-hybridized carbons (Fsp3) is 0.429. The molecule has 5 nitrogen and oxygen atoms in total. The Kier molecular flexibility index (Phi) is 4.93. The van der Waals surface area contributed by atoms with Crippen molar-refractivity contribution in [3.05, 3.63) is 28.5 Å². The SMILES string of the molecule is Cc1cc(NC(=O)N2C[C@@H](C(F)(F)F)[C@H](C(=O)O)C2)c(Cl)cc1F. The molecule has 2 N–H and O–H groups in total. The van der Waals surface area contributed by atoms with Crippen molar-refractivity contribution >= 4 is 29.3 Å². The van der Waals surface area contributed by atoms with E-state index in [0.717, 1.165) is 11.0 Å². The maximum Gasteiger partial charge on any atom is 0.394 e. The van der Waals surface area contributed by atoms with Crippen LogP contribution < -0.4 is 5.32 Å². The topological polar surface area (TPSA) is 69.6 Å². The van der Waals surface area contributed by atoms with E-state index >= 15 is 0 Å². The number of alkyl halides is 3. The summed E-state index contributed by atoms with van der Waals surface area (Å²) in [6.45, 7) is 0.0740. The maximum atomic E-state index is 13.3. The number of nitrogens with one attached hydrogen (secondary N) is 1. The van der Waals surface area contributed by atoms with Crippen LogP contribution in [0, 0.1) is 24.6 Å². The summed E-state index contributed by atoms with van der Waals surface area (Å²) in [6.07, 6.45) is -4.73. The van der Waals surface area contributed by atoms with E-state index in [2.05, 4.69) is 5.32 Å². The van der Waals surface area contributed by atoms with Crippen LogP contribution >= 0.6 is 11.6 Å². The van der Waals surface area contributed by atoms with Gasteiger partial charge in [-0.1, -0.05) is 11.6 Å². The summed E-state index contributed by atoms with van der Waals surface area (Å²) in [4.78, 5) is 23.9. The van der Waals surface area contributed by atoms with Gasteiger partial charge in [-0.2, -0.15) is 13.2 Å². The molecule has 0 spiro atoms. The van der Waals surface area contributed by atoms with Crippen molar-refractivity contribution in [2.45, 2.75) is 13.1 Å². The molecule has 0 unspecified atom stereocenters. The minimum Gasteiger partial charge on any atom is -0.481 e. The van der Waals surface area contributed by atoms with Gasteiger partial charge in [0.15, 0.2) is 0 Å². The van der Waals surface area contributed by atoms with Crippen LogP contribution in [0.4, 0.5) is 28.0 Å². The molecule has 0 radical (unpaired) electrons. The van der Waals surface area contributed by atoms with Crippen LogP contribution in [0.2, 0.25) is 5.02 Å². The van der Waals surface area contributed by atoms with Crippen molar-refractivity contribution in [2.24, 2.45) is 11.8 Å². The Hall–Kier alpha value is -2.03. The van der Waals surface area contributed by atoms with Gasteiger partial charge in [0.1, 0.15) is 5.82 Å². The summed E-state index contributed by atoms with van der Waals surface area (Å²) in [5.74, 6) is -6.10. The molecule has 0 saturated carbocycles. The predicted octanol–water partition coefficient (Wildman–Crippen LogP) is 3.51. The number of aliphatic carboxylic acids is 1. The average Bonchev–Trinajstić information content (AvgIpc) is 2.90. The number of nitrogens with zero attached hydrogens (tertiary/aromatic N) is 1. The van der Waals surface area contributed by atoms with Gasteiger partial charge in [-0.25, -0.2) is 9.18 Å². The number of aryl methyl sites for hydroxylation is 1. The molecule has 132 valence electrons. The molecular weight excluding hydrogens is 356 g/mol. The normalized spacial score (nSPS) is 21.0. The van der Waals surface area contributed by atoms with Crippen molar-refractivity contribution in [3.63, 3.8) is 0 Å². The molecule has 10 heteroatoms. The summed E-state index contributed by atoms with van der Waals surface area (Å²) < 4.78 is 52.1. The second-order valence-electron chi connectivity index (χ2n) is 5.51. The van der Waals surface area contributed by atoms with E-state index in [9.17, 15) is 27.2 Å². The number of hydrogen-bond donors (Lipinski definition) is 2. The zero-order valence-corrected chi connectivity index (χ0v) is 13.1. The molecule has 0 aliphatic carbocycles. The number of anilines is 1. The van der Waals surface area contributed by atoms with Gasteiger partial charge in [0.2, 0.25) is 0 Å². The molecule has 1 saturated heterocycles. The molecule has 1 aromatic carbocycles. The molecule has 1 aromatic rings. The number of amides is 2. The average molecular weight is 369 g/mol. The van der Waals surface area contributed by atoms with Gasteiger partial charge < -0.3 is 15.3 Å². The number of rotatable bonds is 2. The van der Waals surface area contributed by atoms with Gasteiger partial charge in [-0.15, -0.1) is 0 Å². The number of carboxylic acid groups (broad SMARTS) is 1. The third kappa shape index (κ3) is 3.72. The number of carbonyl (C=O) groups is 2. The number of carbonyl (C=O) groups excluding carboxylic acids is 1. The lowest BCUT2D eigenvalue weighted by Gasteiger charge is -2.19. The minimum atomic E-state index is -4.73. The van der Waals surface area contributed by atoms with E-state index in [0.29, 0.717) is 0 Å². The highest BCUT2D eigenvalue weighted by Crippen LogP contribution is 2.38. The first-order valence-corrected chi connectivity index (χ1v) is 7.19. The zero-order valence-electron chi connectivity index (χ0n) is 12.3. The number of likely N-dealkylation sites (tertiary alicyclic amines) is 1. The number of benzene rings is 1. The van der Waals surface area contributed by atoms with Crippen LogP contribution in [0.1, 0.15) is 5.56 Å². The molecule has 2 atom stereocenters. The molecule has 1 aliphatic rings. The largest absolute Gasteiger partial charge is 0.481 e. The van der Waals surface area contributed by atoms with E-state index in [4.69, 9.17) is 16.7 Å². The third-order valence-electron chi connectivity index (χ3n) is 3.83. The van der Waals surface area contributed by atoms with Gasteiger partial charge >= 0.3 is 18.2 Å². The van der Waals surface area contributed by atoms with Gasteiger partial charge in [0.25, 0.3) is 0 Å². The molecule has 1 aliphatic heterocycles. The van der Waals surface area contributed by atoms with Crippen LogP contribution in [0.15, 0.2) is 12.1 Å². The molecule has 2 amide bonds.